The van der Waals surface area contributed by atoms with Crippen LogP contribution < -0.4 is 4.74 Å². The highest BCUT2D eigenvalue weighted by Gasteiger charge is 2.10. The van der Waals surface area contributed by atoms with Gasteiger partial charge < -0.3 is 9.84 Å². The number of halogens is 1. The van der Waals surface area contributed by atoms with Crippen LogP contribution in [0.5, 0.6) is 5.75 Å². The Morgan fingerprint density at radius 3 is 2.57 bits per heavy atom. The zero-order valence-electron chi connectivity index (χ0n) is 8.72. The van der Waals surface area contributed by atoms with E-state index in [1.165, 1.54) is 5.56 Å². The molecule has 1 aromatic rings. The van der Waals surface area contributed by atoms with E-state index < -0.39 is 0 Å². The molecule has 0 unspecified atom stereocenters. The van der Waals surface area contributed by atoms with E-state index in [4.69, 9.17) is 9.84 Å². The van der Waals surface area contributed by atoms with Gasteiger partial charge in [0.1, 0.15) is 5.75 Å². The average molecular weight is 259 g/mol. The smallest absolute Gasteiger partial charge is 0.133 e. The molecule has 0 bridgehead atoms. The van der Waals surface area contributed by atoms with Gasteiger partial charge in [0, 0.05) is 6.61 Å². The van der Waals surface area contributed by atoms with Crippen molar-refractivity contribution in [3.63, 3.8) is 0 Å². The molecule has 14 heavy (non-hydrogen) atoms. The van der Waals surface area contributed by atoms with E-state index in [1.807, 2.05) is 19.9 Å². The summed E-state index contributed by atoms with van der Waals surface area (Å²) in [4.78, 5) is 0. The first kappa shape index (κ1) is 11.5. The molecule has 3 heteroatoms. The number of aryl methyl sites for hydroxylation is 1. The second-order valence-corrected chi connectivity index (χ2v) is 4.08. The average Bonchev–Trinajstić information content (AvgIpc) is 2.18. The normalized spacial score (nSPS) is 10.4. The monoisotopic (exact) mass is 258 g/mol. The predicted octanol–water partition coefficient (Wildman–Crippen LogP) is 2.61. The SMILES string of the molecule is COc1cc(C)c(CCO)c(C)c1Br. The van der Waals surface area contributed by atoms with Crippen molar-refractivity contribution < 1.29 is 9.84 Å². The summed E-state index contributed by atoms with van der Waals surface area (Å²) in [5.41, 5.74) is 3.51. The summed E-state index contributed by atoms with van der Waals surface area (Å²) in [6.45, 7) is 4.25. The Bertz CT molecular complexity index is 335. The summed E-state index contributed by atoms with van der Waals surface area (Å²) in [5.74, 6) is 0.849. The zero-order valence-corrected chi connectivity index (χ0v) is 10.3. The number of hydrogen-bond acceptors (Lipinski definition) is 2. The Labute approximate surface area is 93.0 Å². The largest absolute Gasteiger partial charge is 0.496 e. The minimum Gasteiger partial charge on any atom is -0.496 e. The first-order valence-electron chi connectivity index (χ1n) is 4.55. The molecule has 0 spiro atoms. The van der Waals surface area contributed by atoms with Crippen LogP contribution >= 0.6 is 15.9 Å². The molecule has 0 radical (unpaired) electrons. The molecule has 2 nitrogen and oxygen atoms in total. The Hall–Kier alpha value is -0.540. The van der Waals surface area contributed by atoms with Gasteiger partial charge in [-0.15, -0.1) is 0 Å². The molecule has 0 aromatic heterocycles. The topological polar surface area (TPSA) is 29.5 Å². The number of aliphatic hydroxyl groups excluding tert-OH is 1. The van der Waals surface area contributed by atoms with E-state index in [0.29, 0.717) is 6.42 Å². The molecule has 0 atom stereocenters. The standard InChI is InChI=1S/C11H15BrO2/c1-7-6-10(14-3)11(12)8(2)9(7)4-5-13/h6,13H,4-5H2,1-3H3. The van der Waals surface area contributed by atoms with Crippen LogP contribution in [-0.2, 0) is 6.42 Å². The maximum Gasteiger partial charge on any atom is 0.133 e. The van der Waals surface area contributed by atoms with Crippen molar-refractivity contribution in [2.45, 2.75) is 20.3 Å². The van der Waals surface area contributed by atoms with Crippen LogP contribution in [0.4, 0.5) is 0 Å². The summed E-state index contributed by atoms with van der Waals surface area (Å²) in [6.07, 6.45) is 0.695. The van der Waals surface area contributed by atoms with Gasteiger partial charge in [0.15, 0.2) is 0 Å². The van der Waals surface area contributed by atoms with Crippen molar-refractivity contribution in [1.82, 2.24) is 0 Å². The molecule has 0 aliphatic carbocycles. The van der Waals surface area contributed by atoms with E-state index >= 15 is 0 Å². The maximum atomic E-state index is 8.94. The lowest BCUT2D eigenvalue weighted by atomic mass is 10.00. The van der Waals surface area contributed by atoms with E-state index in [9.17, 15) is 0 Å². The van der Waals surface area contributed by atoms with Crippen molar-refractivity contribution in [2.75, 3.05) is 13.7 Å². The van der Waals surface area contributed by atoms with Gasteiger partial charge in [0.25, 0.3) is 0 Å². The predicted molar refractivity (Wildman–Crippen MR) is 61.0 cm³/mol. The molecular weight excluding hydrogens is 244 g/mol. The van der Waals surface area contributed by atoms with Crippen molar-refractivity contribution in [2.24, 2.45) is 0 Å². The number of rotatable bonds is 3. The van der Waals surface area contributed by atoms with Gasteiger partial charge in [-0.1, -0.05) is 0 Å². The lowest BCUT2D eigenvalue weighted by Crippen LogP contribution is -2.00. The first-order chi connectivity index (χ1) is 6.61. The Balaban J connectivity index is 3.26. The van der Waals surface area contributed by atoms with Gasteiger partial charge in [-0.05, 0) is 59.0 Å². The van der Waals surface area contributed by atoms with Crippen molar-refractivity contribution in [3.05, 3.63) is 27.2 Å². The molecule has 0 saturated heterocycles. The third kappa shape index (κ3) is 2.10. The van der Waals surface area contributed by atoms with Gasteiger partial charge in [-0.3, -0.25) is 0 Å². The second kappa shape index (κ2) is 4.80. The van der Waals surface area contributed by atoms with Crippen LogP contribution in [0.15, 0.2) is 10.5 Å². The quantitative estimate of drug-likeness (QED) is 0.904. The lowest BCUT2D eigenvalue weighted by Gasteiger charge is -2.13. The molecular formula is C11H15BrO2. The fourth-order valence-corrected chi connectivity index (χ4v) is 2.12. The Kier molecular flexibility index (Phi) is 3.96. The van der Waals surface area contributed by atoms with Gasteiger partial charge in [-0.2, -0.15) is 0 Å². The molecule has 0 aliphatic heterocycles. The van der Waals surface area contributed by atoms with Crippen molar-refractivity contribution >= 4 is 15.9 Å². The van der Waals surface area contributed by atoms with Crippen LogP contribution in [0, 0.1) is 13.8 Å². The third-order valence-electron chi connectivity index (χ3n) is 2.40. The molecule has 1 aromatic carbocycles. The molecule has 78 valence electrons. The minimum atomic E-state index is 0.181. The van der Waals surface area contributed by atoms with E-state index in [2.05, 4.69) is 15.9 Å². The molecule has 1 N–H and O–H groups in total. The van der Waals surface area contributed by atoms with Gasteiger partial charge in [0.2, 0.25) is 0 Å². The number of ether oxygens (including phenoxy) is 1. The molecule has 0 aliphatic rings. The van der Waals surface area contributed by atoms with E-state index in [0.717, 1.165) is 21.3 Å². The lowest BCUT2D eigenvalue weighted by molar-refractivity contribution is 0.299. The number of aliphatic hydroxyl groups is 1. The highest BCUT2D eigenvalue weighted by Crippen LogP contribution is 2.32. The minimum absolute atomic E-state index is 0.181. The van der Waals surface area contributed by atoms with Gasteiger partial charge >= 0.3 is 0 Å². The molecule has 0 fully saturated rings. The highest BCUT2D eigenvalue weighted by molar-refractivity contribution is 9.10. The molecule has 1 rings (SSSR count). The van der Waals surface area contributed by atoms with Crippen LogP contribution in [0.25, 0.3) is 0 Å². The fraction of sp³-hybridized carbons (Fsp3) is 0.455. The fourth-order valence-electron chi connectivity index (χ4n) is 1.61. The summed E-state index contributed by atoms with van der Waals surface area (Å²) in [6, 6.07) is 1.99. The molecule has 0 amide bonds. The second-order valence-electron chi connectivity index (χ2n) is 3.29. The summed E-state index contributed by atoms with van der Waals surface area (Å²) >= 11 is 3.49. The van der Waals surface area contributed by atoms with Crippen LogP contribution in [0.1, 0.15) is 16.7 Å². The highest BCUT2D eigenvalue weighted by atomic mass is 79.9. The van der Waals surface area contributed by atoms with Crippen LogP contribution in [0.3, 0.4) is 0 Å². The third-order valence-corrected chi connectivity index (χ3v) is 3.39. The Morgan fingerprint density at radius 1 is 1.43 bits per heavy atom. The number of benzene rings is 1. The van der Waals surface area contributed by atoms with Crippen LogP contribution in [-0.4, -0.2) is 18.8 Å². The first-order valence-corrected chi connectivity index (χ1v) is 5.34. The summed E-state index contributed by atoms with van der Waals surface area (Å²) in [7, 11) is 1.66. The molecule has 0 saturated carbocycles. The van der Waals surface area contributed by atoms with Crippen molar-refractivity contribution in [3.8, 4) is 5.75 Å². The number of hydrogen-bond donors (Lipinski definition) is 1. The summed E-state index contributed by atoms with van der Waals surface area (Å²) in [5, 5.41) is 8.94. The van der Waals surface area contributed by atoms with Crippen LogP contribution in [0.2, 0.25) is 0 Å². The molecule has 0 heterocycles. The maximum absolute atomic E-state index is 8.94. The Morgan fingerprint density at radius 2 is 2.07 bits per heavy atom. The van der Waals surface area contributed by atoms with Crippen molar-refractivity contribution in [1.29, 1.82) is 0 Å². The van der Waals surface area contributed by atoms with E-state index in [1.54, 1.807) is 7.11 Å². The zero-order chi connectivity index (χ0) is 10.7. The number of methoxy groups -OCH3 is 1. The summed E-state index contributed by atoms with van der Waals surface area (Å²) < 4.78 is 6.21. The van der Waals surface area contributed by atoms with Gasteiger partial charge in [0.05, 0.1) is 11.6 Å². The van der Waals surface area contributed by atoms with Gasteiger partial charge in [-0.25, -0.2) is 0 Å². The van der Waals surface area contributed by atoms with E-state index in [-0.39, 0.29) is 6.61 Å².